The van der Waals surface area contributed by atoms with Gasteiger partial charge in [-0.3, -0.25) is 10.1 Å². The highest BCUT2D eigenvalue weighted by Crippen LogP contribution is 2.44. The van der Waals surface area contributed by atoms with Crippen LogP contribution in [0.3, 0.4) is 0 Å². The van der Waals surface area contributed by atoms with Gasteiger partial charge in [-0.2, -0.15) is 0 Å². The van der Waals surface area contributed by atoms with E-state index in [4.69, 9.17) is 18.9 Å². The Hall–Kier alpha value is -5.31. The van der Waals surface area contributed by atoms with E-state index < -0.39 is 12.1 Å². The Morgan fingerprint density at radius 3 is 2.07 bits per heavy atom. The van der Waals surface area contributed by atoms with Crippen molar-refractivity contribution in [3.05, 3.63) is 113 Å². The van der Waals surface area contributed by atoms with E-state index in [0.717, 1.165) is 27.8 Å². The predicted molar refractivity (Wildman–Crippen MR) is 157 cm³/mol. The highest BCUT2D eigenvalue weighted by atomic mass is 16.5. The number of rotatable bonds is 10. The van der Waals surface area contributed by atoms with Crippen LogP contribution in [0.5, 0.6) is 11.5 Å². The van der Waals surface area contributed by atoms with Crippen LogP contribution >= 0.6 is 0 Å². The highest BCUT2D eigenvalue weighted by Gasteiger charge is 2.29. The minimum atomic E-state index is -0.686. The van der Waals surface area contributed by atoms with Gasteiger partial charge in [-0.05, 0) is 58.1 Å². The van der Waals surface area contributed by atoms with E-state index in [2.05, 4.69) is 22.8 Å². The Balaban J connectivity index is 1.21. The van der Waals surface area contributed by atoms with Gasteiger partial charge in [0.25, 0.3) is 5.91 Å². The summed E-state index contributed by atoms with van der Waals surface area (Å²) < 4.78 is 21.8. The van der Waals surface area contributed by atoms with Crippen LogP contribution in [0.4, 0.5) is 10.5 Å². The number of nitrogens with one attached hydrogen (secondary N) is 2. The number of methoxy groups -OCH3 is 1. The second kappa shape index (κ2) is 12.9. The van der Waals surface area contributed by atoms with Gasteiger partial charge < -0.3 is 24.3 Å². The van der Waals surface area contributed by atoms with Crippen LogP contribution in [-0.2, 0) is 20.9 Å². The van der Waals surface area contributed by atoms with E-state index in [9.17, 15) is 14.4 Å². The van der Waals surface area contributed by atoms with E-state index in [1.165, 1.54) is 13.2 Å². The van der Waals surface area contributed by atoms with Gasteiger partial charge in [-0.25, -0.2) is 9.59 Å². The summed E-state index contributed by atoms with van der Waals surface area (Å²) in [5.41, 5.74) is 5.70. The summed E-state index contributed by atoms with van der Waals surface area (Å²) in [6.45, 7) is 0.290. The molecule has 4 aromatic carbocycles. The van der Waals surface area contributed by atoms with Crippen molar-refractivity contribution in [2.45, 2.75) is 12.5 Å². The van der Waals surface area contributed by atoms with E-state index in [-0.39, 0.29) is 42.9 Å². The molecule has 0 saturated heterocycles. The van der Waals surface area contributed by atoms with Crippen molar-refractivity contribution in [1.29, 1.82) is 0 Å². The maximum atomic E-state index is 12.8. The zero-order valence-electron chi connectivity index (χ0n) is 23.2. The lowest BCUT2D eigenvalue weighted by Gasteiger charge is -2.16. The summed E-state index contributed by atoms with van der Waals surface area (Å²) in [5, 5.41) is 5.16. The maximum Gasteiger partial charge on any atom is 0.411 e. The van der Waals surface area contributed by atoms with Crippen molar-refractivity contribution in [2.75, 3.05) is 32.7 Å². The molecule has 9 nitrogen and oxygen atoms in total. The van der Waals surface area contributed by atoms with Gasteiger partial charge in [-0.15, -0.1) is 0 Å². The molecule has 0 radical (unpaired) electrons. The van der Waals surface area contributed by atoms with E-state index in [1.54, 1.807) is 31.3 Å². The summed E-state index contributed by atoms with van der Waals surface area (Å²) >= 11 is 0. The van der Waals surface area contributed by atoms with Crippen molar-refractivity contribution in [1.82, 2.24) is 5.32 Å². The monoisotopic (exact) mass is 566 g/mol. The van der Waals surface area contributed by atoms with Crippen LogP contribution in [0.25, 0.3) is 11.1 Å². The highest BCUT2D eigenvalue weighted by molar-refractivity contribution is 6.00. The van der Waals surface area contributed by atoms with E-state index >= 15 is 0 Å². The fourth-order valence-electron chi connectivity index (χ4n) is 4.82. The smallest absolute Gasteiger partial charge is 0.411 e. The van der Waals surface area contributed by atoms with Crippen LogP contribution in [0.2, 0.25) is 0 Å². The van der Waals surface area contributed by atoms with Crippen molar-refractivity contribution in [2.24, 2.45) is 0 Å². The summed E-state index contributed by atoms with van der Waals surface area (Å²) in [6.07, 6.45) is -0.686. The number of esters is 1. The van der Waals surface area contributed by atoms with Crippen LogP contribution in [0.1, 0.15) is 33.0 Å². The van der Waals surface area contributed by atoms with Crippen molar-refractivity contribution in [3.8, 4) is 22.6 Å². The molecule has 9 heteroatoms. The molecular formula is C33H30N2O7. The molecule has 2 amide bonds. The average molecular weight is 567 g/mol. The summed E-state index contributed by atoms with van der Waals surface area (Å²) in [4.78, 5) is 36.7. The molecule has 0 aromatic heterocycles. The first kappa shape index (κ1) is 28.2. The Bertz CT molecular complexity index is 1560. The largest absolute Gasteiger partial charge is 0.489 e. The fourth-order valence-corrected chi connectivity index (χ4v) is 4.82. The predicted octanol–water partition coefficient (Wildman–Crippen LogP) is 5.54. The third-order valence-corrected chi connectivity index (χ3v) is 6.95. The molecule has 0 bridgehead atoms. The van der Waals surface area contributed by atoms with Gasteiger partial charge in [0.1, 0.15) is 24.7 Å². The van der Waals surface area contributed by atoms with Crippen LogP contribution in [-0.4, -0.2) is 45.3 Å². The molecule has 4 aromatic rings. The normalized spacial score (nSPS) is 11.6. The Labute approximate surface area is 243 Å². The first-order valence-corrected chi connectivity index (χ1v) is 13.4. The zero-order valence-corrected chi connectivity index (χ0v) is 23.2. The molecule has 1 aliphatic carbocycles. The second-order valence-corrected chi connectivity index (χ2v) is 9.54. The minimum Gasteiger partial charge on any atom is -0.489 e. The molecular weight excluding hydrogens is 536 g/mol. The molecule has 0 spiro atoms. The van der Waals surface area contributed by atoms with Crippen molar-refractivity contribution < 1.29 is 33.3 Å². The molecule has 0 saturated carbocycles. The third kappa shape index (κ3) is 6.36. The number of amides is 2. The Morgan fingerprint density at radius 2 is 1.43 bits per heavy atom. The van der Waals surface area contributed by atoms with Gasteiger partial charge in [-0.1, -0.05) is 60.7 Å². The number of hydrogen-bond acceptors (Lipinski definition) is 7. The molecule has 214 valence electrons. The summed E-state index contributed by atoms with van der Waals surface area (Å²) in [6, 6.07) is 28.0. The Morgan fingerprint density at radius 1 is 0.786 bits per heavy atom. The summed E-state index contributed by atoms with van der Waals surface area (Å²) in [5.74, 6) is 0.0234. The summed E-state index contributed by atoms with van der Waals surface area (Å²) in [7, 11) is 2.81. The molecule has 0 heterocycles. The number of anilines is 1. The zero-order chi connectivity index (χ0) is 29.5. The van der Waals surface area contributed by atoms with Gasteiger partial charge in [0.05, 0.1) is 18.4 Å². The lowest BCUT2D eigenvalue weighted by Crippen LogP contribution is -2.24. The maximum absolute atomic E-state index is 12.8. The topological polar surface area (TPSA) is 112 Å². The fraction of sp³-hybridized carbons (Fsp3) is 0.182. The lowest BCUT2D eigenvalue weighted by molar-refractivity contribution is -0.122. The third-order valence-electron chi connectivity index (χ3n) is 6.95. The van der Waals surface area contributed by atoms with Crippen LogP contribution in [0.15, 0.2) is 91.0 Å². The second-order valence-electron chi connectivity index (χ2n) is 9.54. The minimum absolute atomic E-state index is 0.0704. The molecule has 0 atom stereocenters. The molecule has 5 rings (SSSR count). The van der Waals surface area contributed by atoms with E-state index in [1.807, 2.05) is 48.5 Å². The van der Waals surface area contributed by atoms with Gasteiger partial charge >= 0.3 is 12.1 Å². The first-order chi connectivity index (χ1) is 20.5. The number of carbonyl (C=O) groups excluding carboxylic acids is 3. The van der Waals surface area contributed by atoms with E-state index in [0.29, 0.717) is 11.5 Å². The molecule has 0 unspecified atom stereocenters. The molecule has 0 aliphatic heterocycles. The number of ether oxygens (including phenoxy) is 4. The van der Waals surface area contributed by atoms with Crippen molar-refractivity contribution in [3.63, 3.8) is 0 Å². The number of fused-ring (bicyclic) bond motifs is 3. The number of benzene rings is 4. The molecule has 42 heavy (non-hydrogen) atoms. The standard InChI is InChI=1S/C33H30N2O7/c1-34-31(36)20-41-22-13-11-21(12-14-22)18-40-23-15-16-30(28(17-23)32(37)39-2)35-33(38)42-19-29-26-9-5-3-7-24(26)25-8-4-6-10-27(25)29/h3-17,29H,18-20H2,1-2H3,(H,34,36)(H,35,38). The molecule has 1 aliphatic rings. The van der Waals surface area contributed by atoms with Crippen LogP contribution < -0.4 is 20.1 Å². The molecule has 0 fully saturated rings. The quantitative estimate of drug-likeness (QED) is 0.243. The molecule has 2 N–H and O–H groups in total. The van der Waals surface area contributed by atoms with Gasteiger partial charge in [0.2, 0.25) is 0 Å². The Kier molecular flexibility index (Phi) is 8.67. The van der Waals surface area contributed by atoms with Gasteiger partial charge in [0.15, 0.2) is 6.61 Å². The number of carbonyl (C=O) groups is 3. The number of likely N-dealkylation sites (N-methyl/N-ethyl adjacent to an activating group) is 1. The number of hydrogen-bond donors (Lipinski definition) is 2. The van der Waals surface area contributed by atoms with Gasteiger partial charge in [0, 0.05) is 13.0 Å². The SMILES string of the molecule is CNC(=O)COc1ccc(COc2ccc(NC(=O)OCC3c4ccccc4-c4ccccc43)c(C(=O)OC)c2)cc1. The first-order valence-electron chi connectivity index (χ1n) is 13.4. The van der Waals surface area contributed by atoms with Crippen LogP contribution in [0, 0.1) is 0 Å². The average Bonchev–Trinajstić information content (AvgIpc) is 3.35. The van der Waals surface area contributed by atoms with Crippen molar-refractivity contribution >= 4 is 23.7 Å². The lowest BCUT2D eigenvalue weighted by atomic mass is 9.98.